The molecule has 0 saturated heterocycles. The average Bonchev–Trinajstić information content (AvgIpc) is 3.10. The Hall–Kier alpha value is -2.82. The molecule has 4 rings (SSSR count). The molecule has 5 heteroatoms. The summed E-state index contributed by atoms with van der Waals surface area (Å²) in [4.78, 5) is 18.7. The van der Waals surface area contributed by atoms with Gasteiger partial charge in [-0.3, -0.25) is 4.79 Å². The maximum absolute atomic E-state index is 11.8. The first-order chi connectivity index (χ1) is 12.7. The van der Waals surface area contributed by atoms with Crippen molar-refractivity contribution >= 4 is 23.1 Å². The van der Waals surface area contributed by atoms with Crippen LogP contribution in [0.4, 0.5) is 6.01 Å². The number of aromatic nitrogens is 1. The predicted octanol–water partition coefficient (Wildman–Crippen LogP) is 4.10. The van der Waals surface area contributed by atoms with Crippen LogP contribution in [-0.4, -0.2) is 23.6 Å². The van der Waals surface area contributed by atoms with Crippen molar-refractivity contribution in [3.63, 3.8) is 0 Å². The van der Waals surface area contributed by atoms with E-state index in [0.29, 0.717) is 25.5 Å². The molecule has 134 valence electrons. The summed E-state index contributed by atoms with van der Waals surface area (Å²) in [7, 11) is 0. The largest absolute Gasteiger partial charge is 0.466 e. The first kappa shape index (κ1) is 16.6. The molecule has 0 aliphatic carbocycles. The first-order valence-electron chi connectivity index (χ1n) is 9.09. The lowest BCUT2D eigenvalue weighted by Crippen LogP contribution is -2.41. The fourth-order valence-corrected chi connectivity index (χ4v) is 3.57. The molecule has 0 bridgehead atoms. The molecule has 2 aromatic carbocycles. The number of ether oxygens (including phenoxy) is 1. The zero-order chi connectivity index (χ0) is 17.9. The van der Waals surface area contributed by atoms with Crippen molar-refractivity contribution in [2.75, 3.05) is 11.5 Å². The van der Waals surface area contributed by atoms with Gasteiger partial charge in [0, 0.05) is 19.0 Å². The molecule has 26 heavy (non-hydrogen) atoms. The number of hydrogen-bond acceptors (Lipinski definition) is 5. The van der Waals surface area contributed by atoms with E-state index in [2.05, 4.69) is 34.1 Å². The number of oxazole rings is 1. The fourth-order valence-electron chi connectivity index (χ4n) is 3.57. The zero-order valence-corrected chi connectivity index (χ0v) is 14.9. The van der Waals surface area contributed by atoms with Gasteiger partial charge in [-0.1, -0.05) is 36.4 Å². The Kier molecular flexibility index (Phi) is 4.61. The maximum Gasteiger partial charge on any atom is 0.305 e. The molecule has 0 amide bonds. The Morgan fingerprint density at radius 2 is 1.96 bits per heavy atom. The first-order valence-corrected chi connectivity index (χ1v) is 9.09. The van der Waals surface area contributed by atoms with Crippen molar-refractivity contribution in [2.45, 2.75) is 38.8 Å². The Bertz CT molecular complexity index is 885. The number of esters is 1. The minimum Gasteiger partial charge on any atom is -0.466 e. The highest BCUT2D eigenvalue weighted by atomic mass is 16.5. The van der Waals surface area contributed by atoms with Crippen LogP contribution in [0.3, 0.4) is 0 Å². The van der Waals surface area contributed by atoms with Gasteiger partial charge in [0.15, 0.2) is 5.58 Å². The minimum atomic E-state index is -0.149. The van der Waals surface area contributed by atoms with E-state index in [1.165, 1.54) is 11.1 Å². The van der Waals surface area contributed by atoms with Crippen LogP contribution in [0.15, 0.2) is 52.9 Å². The molecule has 1 aromatic heterocycles. The lowest BCUT2D eigenvalue weighted by atomic mass is 9.92. The highest BCUT2D eigenvalue weighted by molar-refractivity contribution is 5.74. The van der Waals surface area contributed by atoms with Crippen molar-refractivity contribution < 1.29 is 13.9 Å². The van der Waals surface area contributed by atoms with Crippen LogP contribution in [0, 0.1) is 0 Å². The van der Waals surface area contributed by atoms with E-state index >= 15 is 0 Å². The second-order valence-electron chi connectivity index (χ2n) is 6.56. The van der Waals surface area contributed by atoms with Gasteiger partial charge in [0.1, 0.15) is 5.52 Å². The van der Waals surface area contributed by atoms with Gasteiger partial charge in [0.2, 0.25) is 0 Å². The molecular weight excluding hydrogens is 328 g/mol. The van der Waals surface area contributed by atoms with Crippen molar-refractivity contribution in [1.82, 2.24) is 4.98 Å². The topological polar surface area (TPSA) is 55.6 Å². The van der Waals surface area contributed by atoms with Gasteiger partial charge >= 0.3 is 5.97 Å². The third-order valence-electron chi connectivity index (χ3n) is 4.87. The summed E-state index contributed by atoms with van der Waals surface area (Å²) in [6.07, 6.45) is 1.98. The van der Waals surface area contributed by atoms with E-state index in [0.717, 1.165) is 24.1 Å². The Balaban J connectivity index is 1.63. The molecular formula is C21H22N2O3. The standard InChI is InChI=1S/C21H22N2O3/c1-2-25-20(24)12-11-17-13-15-7-3-4-8-16(15)14-23(17)21-22-18-9-5-6-10-19(18)26-21/h3-10,17H,2,11-14H2,1H3. The SMILES string of the molecule is CCOC(=O)CCC1Cc2ccccc2CN1c1nc2ccccc2o1. The van der Waals surface area contributed by atoms with Crippen LogP contribution >= 0.6 is 0 Å². The maximum atomic E-state index is 11.8. The Morgan fingerprint density at radius 1 is 1.19 bits per heavy atom. The number of fused-ring (bicyclic) bond motifs is 2. The molecule has 3 aromatic rings. The van der Waals surface area contributed by atoms with Crippen molar-refractivity contribution in [3.8, 4) is 0 Å². The molecule has 0 fully saturated rings. The fraction of sp³-hybridized carbons (Fsp3) is 0.333. The van der Waals surface area contributed by atoms with E-state index in [-0.39, 0.29) is 12.0 Å². The molecule has 1 atom stereocenters. The molecule has 0 spiro atoms. The third-order valence-corrected chi connectivity index (χ3v) is 4.87. The number of anilines is 1. The lowest BCUT2D eigenvalue weighted by Gasteiger charge is -2.35. The average molecular weight is 350 g/mol. The summed E-state index contributed by atoms with van der Waals surface area (Å²) in [5, 5.41) is 0. The molecule has 0 N–H and O–H groups in total. The predicted molar refractivity (Wildman–Crippen MR) is 100.0 cm³/mol. The Morgan fingerprint density at radius 3 is 2.77 bits per heavy atom. The van der Waals surface area contributed by atoms with E-state index in [9.17, 15) is 4.79 Å². The van der Waals surface area contributed by atoms with Crippen molar-refractivity contribution in [3.05, 3.63) is 59.7 Å². The number of nitrogens with zero attached hydrogens (tertiary/aromatic N) is 2. The van der Waals surface area contributed by atoms with Crippen LogP contribution in [-0.2, 0) is 22.5 Å². The number of carbonyl (C=O) groups is 1. The summed E-state index contributed by atoms with van der Waals surface area (Å²) < 4.78 is 11.1. The molecule has 0 radical (unpaired) electrons. The summed E-state index contributed by atoms with van der Waals surface area (Å²) in [5.74, 6) is -0.149. The molecule has 2 heterocycles. The summed E-state index contributed by atoms with van der Waals surface area (Å²) in [5.41, 5.74) is 4.24. The smallest absolute Gasteiger partial charge is 0.305 e. The van der Waals surface area contributed by atoms with Gasteiger partial charge < -0.3 is 14.1 Å². The van der Waals surface area contributed by atoms with Gasteiger partial charge in [-0.2, -0.15) is 4.98 Å². The van der Waals surface area contributed by atoms with Gasteiger partial charge in [-0.15, -0.1) is 0 Å². The number of rotatable bonds is 5. The molecule has 1 aliphatic rings. The summed E-state index contributed by atoms with van der Waals surface area (Å²) in [6, 6.07) is 17.0. The van der Waals surface area contributed by atoms with Gasteiger partial charge in [-0.05, 0) is 43.0 Å². The third kappa shape index (κ3) is 3.29. The molecule has 0 saturated carbocycles. The Labute approximate surface area is 152 Å². The van der Waals surface area contributed by atoms with Crippen LogP contribution in [0.5, 0.6) is 0 Å². The molecule has 1 unspecified atom stereocenters. The number of para-hydroxylation sites is 2. The summed E-state index contributed by atoms with van der Waals surface area (Å²) in [6.45, 7) is 2.98. The van der Waals surface area contributed by atoms with Gasteiger partial charge in [0.25, 0.3) is 6.01 Å². The number of benzene rings is 2. The van der Waals surface area contributed by atoms with E-state index < -0.39 is 0 Å². The highest BCUT2D eigenvalue weighted by Gasteiger charge is 2.29. The quantitative estimate of drug-likeness (QED) is 0.648. The van der Waals surface area contributed by atoms with Crippen LogP contribution < -0.4 is 4.90 Å². The van der Waals surface area contributed by atoms with E-state index in [1.807, 2.05) is 31.2 Å². The van der Waals surface area contributed by atoms with Crippen molar-refractivity contribution in [2.24, 2.45) is 0 Å². The van der Waals surface area contributed by atoms with Crippen LogP contribution in [0.1, 0.15) is 30.9 Å². The second kappa shape index (κ2) is 7.20. The minimum absolute atomic E-state index is 0.149. The number of hydrogen-bond donors (Lipinski definition) is 0. The lowest BCUT2D eigenvalue weighted by molar-refractivity contribution is -0.143. The van der Waals surface area contributed by atoms with E-state index in [4.69, 9.17) is 9.15 Å². The van der Waals surface area contributed by atoms with E-state index in [1.54, 1.807) is 0 Å². The van der Waals surface area contributed by atoms with Gasteiger partial charge in [-0.25, -0.2) is 0 Å². The van der Waals surface area contributed by atoms with Crippen molar-refractivity contribution in [1.29, 1.82) is 0 Å². The van der Waals surface area contributed by atoms with Crippen LogP contribution in [0.25, 0.3) is 11.1 Å². The number of carbonyl (C=O) groups excluding carboxylic acids is 1. The zero-order valence-electron chi connectivity index (χ0n) is 14.9. The monoisotopic (exact) mass is 350 g/mol. The molecule has 1 aliphatic heterocycles. The normalized spacial score (nSPS) is 16.5. The van der Waals surface area contributed by atoms with Gasteiger partial charge in [0.05, 0.1) is 6.61 Å². The summed E-state index contributed by atoms with van der Waals surface area (Å²) >= 11 is 0. The second-order valence-corrected chi connectivity index (χ2v) is 6.56. The molecule has 5 nitrogen and oxygen atoms in total. The van der Waals surface area contributed by atoms with Crippen LogP contribution in [0.2, 0.25) is 0 Å². The highest BCUT2D eigenvalue weighted by Crippen LogP contribution is 2.32.